The third-order valence-corrected chi connectivity index (χ3v) is 7.28. The molecule has 1 amide bonds. The Bertz CT molecular complexity index is 935. The Balaban J connectivity index is 1.34. The van der Waals surface area contributed by atoms with E-state index in [1.54, 1.807) is 7.11 Å². The highest BCUT2D eigenvalue weighted by atomic mass is 16.5. The van der Waals surface area contributed by atoms with E-state index in [0.29, 0.717) is 18.9 Å². The van der Waals surface area contributed by atoms with Crippen LogP contribution in [-0.2, 0) is 21.4 Å². The summed E-state index contributed by atoms with van der Waals surface area (Å²) < 4.78 is 16.6. The second-order valence-corrected chi connectivity index (χ2v) is 9.72. The molecular formula is C25H33N3O4. The van der Waals surface area contributed by atoms with Gasteiger partial charge in [0.2, 0.25) is 11.8 Å². The number of piperidine rings is 1. The van der Waals surface area contributed by atoms with Crippen LogP contribution in [-0.4, -0.2) is 54.4 Å². The lowest BCUT2D eigenvalue weighted by molar-refractivity contribution is -0.133. The number of rotatable bonds is 7. The van der Waals surface area contributed by atoms with Gasteiger partial charge in [0.15, 0.2) is 5.82 Å². The molecule has 1 unspecified atom stereocenters. The number of benzene rings is 1. The van der Waals surface area contributed by atoms with Gasteiger partial charge in [-0.3, -0.25) is 4.79 Å². The number of aromatic nitrogens is 2. The van der Waals surface area contributed by atoms with Gasteiger partial charge in [-0.15, -0.1) is 0 Å². The molecule has 0 radical (unpaired) electrons. The van der Waals surface area contributed by atoms with Crippen LogP contribution < -0.4 is 4.74 Å². The molecule has 7 heteroatoms. The molecule has 1 aromatic carbocycles. The second kappa shape index (κ2) is 9.22. The molecule has 2 saturated heterocycles. The van der Waals surface area contributed by atoms with Crippen LogP contribution in [0.1, 0.15) is 68.1 Å². The molecule has 32 heavy (non-hydrogen) atoms. The first-order valence-electron chi connectivity index (χ1n) is 12.0. The zero-order chi connectivity index (χ0) is 22.0. The van der Waals surface area contributed by atoms with Crippen LogP contribution in [0.2, 0.25) is 0 Å². The molecule has 5 rings (SSSR count). The van der Waals surface area contributed by atoms with Gasteiger partial charge in [-0.1, -0.05) is 30.1 Å². The maximum atomic E-state index is 13.2. The zero-order valence-electron chi connectivity index (χ0n) is 18.9. The van der Waals surface area contributed by atoms with E-state index < -0.39 is 0 Å². The number of hydrogen-bond donors (Lipinski definition) is 0. The highest BCUT2D eigenvalue weighted by molar-refractivity contribution is 5.79. The monoisotopic (exact) mass is 439 g/mol. The van der Waals surface area contributed by atoms with Gasteiger partial charge in [-0.05, 0) is 55.7 Å². The molecule has 1 aromatic heterocycles. The molecule has 172 valence electrons. The minimum absolute atomic E-state index is 0.159. The zero-order valence-corrected chi connectivity index (χ0v) is 18.9. The summed E-state index contributed by atoms with van der Waals surface area (Å²) in [5, 5.41) is 4.49. The minimum atomic E-state index is -0.198. The summed E-state index contributed by atoms with van der Waals surface area (Å²) in [6, 6.07) is 7.77. The van der Waals surface area contributed by atoms with Gasteiger partial charge in [-0.2, -0.15) is 4.98 Å². The van der Waals surface area contributed by atoms with Gasteiger partial charge in [0, 0.05) is 32.2 Å². The van der Waals surface area contributed by atoms with E-state index in [1.807, 2.05) is 29.2 Å². The predicted octanol–water partition coefficient (Wildman–Crippen LogP) is 3.88. The number of hydrogen-bond acceptors (Lipinski definition) is 6. The van der Waals surface area contributed by atoms with Crippen molar-refractivity contribution in [1.29, 1.82) is 0 Å². The van der Waals surface area contributed by atoms with Gasteiger partial charge in [0.1, 0.15) is 5.75 Å². The number of amides is 1. The highest BCUT2D eigenvalue weighted by Crippen LogP contribution is 2.46. The van der Waals surface area contributed by atoms with Crippen molar-refractivity contribution in [3.8, 4) is 5.75 Å². The molecule has 3 aliphatic rings. The van der Waals surface area contributed by atoms with Crippen molar-refractivity contribution in [3.63, 3.8) is 0 Å². The Labute approximate surface area is 189 Å². The molecule has 1 aliphatic carbocycles. The molecule has 0 bridgehead atoms. The van der Waals surface area contributed by atoms with Crippen molar-refractivity contribution in [2.45, 2.75) is 62.7 Å². The number of carbonyl (C=O) groups is 1. The van der Waals surface area contributed by atoms with E-state index in [-0.39, 0.29) is 17.2 Å². The normalized spacial score (nSPS) is 24.5. The fraction of sp³-hybridized carbons (Fsp3) is 0.640. The van der Waals surface area contributed by atoms with Gasteiger partial charge in [-0.25, -0.2) is 0 Å². The molecule has 3 heterocycles. The first-order chi connectivity index (χ1) is 15.6. The summed E-state index contributed by atoms with van der Waals surface area (Å²) >= 11 is 0. The highest BCUT2D eigenvalue weighted by Gasteiger charge is 2.46. The molecule has 0 N–H and O–H groups in total. The largest absolute Gasteiger partial charge is 0.497 e. The maximum absolute atomic E-state index is 13.2. The van der Waals surface area contributed by atoms with E-state index >= 15 is 0 Å². The lowest BCUT2D eigenvalue weighted by atomic mass is 9.74. The van der Waals surface area contributed by atoms with Crippen LogP contribution in [0, 0.1) is 5.92 Å². The lowest BCUT2D eigenvalue weighted by Gasteiger charge is -2.41. The predicted molar refractivity (Wildman–Crippen MR) is 119 cm³/mol. The maximum Gasteiger partial charge on any atom is 0.229 e. The smallest absolute Gasteiger partial charge is 0.229 e. The van der Waals surface area contributed by atoms with Crippen LogP contribution in [0.5, 0.6) is 5.75 Å². The van der Waals surface area contributed by atoms with Crippen molar-refractivity contribution in [1.82, 2.24) is 15.0 Å². The minimum Gasteiger partial charge on any atom is -0.497 e. The molecule has 2 aromatic rings. The van der Waals surface area contributed by atoms with Crippen molar-refractivity contribution in [2.24, 2.45) is 5.92 Å². The second-order valence-electron chi connectivity index (χ2n) is 9.72. The van der Waals surface area contributed by atoms with E-state index in [1.165, 1.54) is 12.8 Å². The topological polar surface area (TPSA) is 77.7 Å². The Morgan fingerprint density at radius 3 is 2.88 bits per heavy atom. The van der Waals surface area contributed by atoms with Crippen LogP contribution in [0.15, 0.2) is 28.8 Å². The molecule has 2 aliphatic heterocycles. The summed E-state index contributed by atoms with van der Waals surface area (Å²) in [6.45, 7) is 2.98. The van der Waals surface area contributed by atoms with E-state index in [2.05, 4.69) is 5.16 Å². The quantitative estimate of drug-likeness (QED) is 0.652. The third-order valence-electron chi connectivity index (χ3n) is 7.28. The summed E-state index contributed by atoms with van der Waals surface area (Å²) in [5.74, 6) is 3.50. The van der Waals surface area contributed by atoms with Crippen molar-refractivity contribution < 1.29 is 18.8 Å². The Kier molecular flexibility index (Phi) is 6.17. The van der Waals surface area contributed by atoms with Crippen LogP contribution >= 0.6 is 0 Å². The average Bonchev–Trinajstić information content (AvgIpc) is 3.49. The Morgan fingerprint density at radius 1 is 1.25 bits per heavy atom. The Morgan fingerprint density at radius 2 is 2.09 bits per heavy atom. The number of methoxy groups -OCH3 is 1. The number of likely N-dealkylation sites (tertiary alicyclic amines) is 1. The fourth-order valence-corrected chi connectivity index (χ4v) is 5.29. The number of nitrogens with zero attached hydrogens (tertiary/aromatic N) is 3. The van der Waals surface area contributed by atoms with Crippen molar-refractivity contribution >= 4 is 5.91 Å². The third kappa shape index (κ3) is 4.68. The lowest BCUT2D eigenvalue weighted by Crippen LogP contribution is -2.49. The molecule has 0 spiro atoms. The summed E-state index contributed by atoms with van der Waals surface area (Å²) in [4.78, 5) is 20.2. The van der Waals surface area contributed by atoms with Crippen LogP contribution in [0.25, 0.3) is 0 Å². The van der Waals surface area contributed by atoms with Gasteiger partial charge < -0.3 is 18.9 Å². The van der Waals surface area contributed by atoms with E-state index in [0.717, 1.165) is 74.9 Å². The Hall–Kier alpha value is -2.41. The molecule has 1 atom stereocenters. The van der Waals surface area contributed by atoms with Crippen LogP contribution in [0.3, 0.4) is 0 Å². The van der Waals surface area contributed by atoms with Gasteiger partial charge in [0.25, 0.3) is 0 Å². The molecule has 3 fully saturated rings. The van der Waals surface area contributed by atoms with Crippen molar-refractivity contribution in [2.75, 3.05) is 33.4 Å². The van der Waals surface area contributed by atoms with Gasteiger partial charge >= 0.3 is 0 Å². The summed E-state index contributed by atoms with van der Waals surface area (Å²) in [6.07, 6.45) is 7.81. The summed E-state index contributed by atoms with van der Waals surface area (Å²) in [7, 11) is 1.65. The van der Waals surface area contributed by atoms with Gasteiger partial charge in [0.05, 0.1) is 18.9 Å². The standard InChI is InChI=1S/C25H33N3O4/c1-30-21-5-2-4-19(14-21)15-22(29)28-11-3-10-25(17-28,16-18-6-7-18)24-26-23(32-27-24)20-8-12-31-13-9-20/h2,4-5,14,18,20H,3,6-13,15-17H2,1H3. The fourth-order valence-electron chi connectivity index (χ4n) is 5.29. The van der Waals surface area contributed by atoms with Crippen molar-refractivity contribution in [3.05, 3.63) is 41.5 Å². The molecular weight excluding hydrogens is 406 g/mol. The first kappa shape index (κ1) is 21.4. The average molecular weight is 440 g/mol. The molecule has 7 nitrogen and oxygen atoms in total. The van der Waals surface area contributed by atoms with E-state index in [9.17, 15) is 4.79 Å². The summed E-state index contributed by atoms with van der Waals surface area (Å²) in [5.41, 5.74) is 0.783. The first-order valence-corrected chi connectivity index (χ1v) is 12.0. The van der Waals surface area contributed by atoms with Crippen LogP contribution in [0.4, 0.5) is 0 Å². The number of carbonyl (C=O) groups excluding carboxylic acids is 1. The number of ether oxygens (including phenoxy) is 2. The molecule has 1 saturated carbocycles. The SMILES string of the molecule is COc1cccc(CC(=O)N2CCCC(CC3CC3)(c3noc(C4CCOCC4)n3)C2)c1. The van der Waals surface area contributed by atoms with E-state index in [4.69, 9.17) is 19.0 Å².